The summed E-state index contributed by atoms with van der Waals surface area (Å²) in [7, 11) is 1.52. The normalized spacial score (nSPS) is 10.6. The molecule has 3 rings (SSSR count). The highest BCUT2D eigenvalue weighted by molar-refractivity contribution is 5.91. The molecule has 2 amide bonds. The Labute approximate surface area is 137 Å². The summed E-state index contributed by atoms with van der Waals surface area (Å²) in [6.45, 7) is 1.96. The van der Waals surface area contributed by atoms with Gasteiger partial charge >= 0.3 is 6.03 Å². The molecule has 8 heteroatoms. The van der Waals surface area contributed by atoms with Gasteiger partial charge in [0.2, 0.25) is 5.88 Å². The molecule has 24 heavy (non-hydrogen) atoms. The molecular formula is C16H16FN5O2. The number of ether oxygens (including phenoxy) is 1. The van der Waals surface area contributed by atoms with Gasteiger partial charge in [-0.2, -0.15) is 0 Å². The summed E-state index contributed by atoms with van der Waals surface area (Å²) < 4.78 is 18.3. The molecule has 0 saturated carbocycles. The van der Waals surface area contributed by atoms with Crippen LogP contribution in [0, 0.1) is 12.7 Å². The van der Waals surface area contributed by atoms with E-state index >= 15 is 0 Å². The second kappa shape index (κ2) is 6.53. The van der Waals surface area contributed by atoms with E-state index in [1.807, 2.05) is 0 Å². The second-order valence-corrected chi connectivity index (χ2v) is 5.24. The Balaban J connectivity index is 1.63. The van der Waals surface area contributed by atoms with Gasteiger partial charge in [-0.05, 0) is 24.1 Å². The summed E-state index contributed by atoms with van der Waals surface area (Å²) in [4.78, 5) is 16.1. The van der Waals surface area contributed by atoms with E-state index in [4.69, 9.17) is 4.74 Å². The van der Waals surface area contributed by atoms with Crippen molar-refractivity contribution in [3.05, 3.63) is 47.4 Å². The van der Waals surface area contributed by atoms with Crippen molar-refractivity contribution in [1.29, 1.82) is 0 Å². The average molecular weight is 329 g/mol. The quantitative estimate of drug-likeness (QED) is 0.686. The molecule has 7 nitrogen and oxygen atoms in total. The first-order valence-corrected chi connectivity index (χ1v) is 7.25. The second-order valence-electron chi connectivity index (χ2n) is 5.24. The molecule has 3 aromatic rings. The van der Waals surface area contributed by atoms with Crippen LogP contribution in [-0.2, 0) is 6.54 Å². The lowest BCUT2D eigenvalue weighted by atomic mass is 10.1. The van der Waals surface area contributed by atoms with Crippen molar-refractivity contribution < 1.29 is 13.9 Å². The Kier molecular flexibility index (Phi) is 4.28. The van der Waals surface area contributed by atoms with Crippen molar-refractivity contribution in [1.82, 2.24) is 20.5 Å². The van der Waals surface area contributed by atoms with Gasteiger partial charge < -0.3 is 10.1 Å². The molecule has 2 aromatic heterocycles. The van der Waals surface area contributed by atoms with Crippen molar-refractivity contribution in [2.24, 2.45) is 0 Å². The zero-order valence-electron chi connectivity index (χ0n) is 13.2. The van der Waals surface area contributed by atoms with E-state index in [0.29, 0.717) is 22.8 Å². The van der Waals surface area contributed by atoms with E-state index in [1.54, 1.807) is 31.3 Å². The lowest BCUT2D eigenvalue weighted by Gasteiger charge is -2.08. The van der Waals surface area contributed by atoms with Gasteiger partial charge in [-0.25, -0.2) is 14.2 Å². The zero-order valence-corrected chi connectivity index (χ0v) is 13.2. The third-order valence-corrected chi connectivity index (χ3v) is 3.52. The molecule has 0 aliphatic carbocycles. The molecule has 0 bridgehead atoms. The number of amides is 2. The molecule has 0 fully saturated rings. The zero-order chi connectivity index (χ0) is 17.1. The number of nitrogens with zero attached hydrogens (tertiary/aromatic N) is 2. The fourth-order valence-electron chi connectivity index (χ4n) is 2.27. The van der Waals surface area contributed by atoms with E-state index in [-0.39, 0.29) is 12.4 Å². The number of rotatable bonds is 4. The minimum absolute atomic E-state index is 0.268. The number of pyridine rings is 1. The number of anilines is 1. The van der Waals surface area contributed by atoms with Crippen LogP contribution in [0.15, 0.2) is 30.5 Å². The van der Waals surface area contributed by atoms with E-state index < -0.39 is 6.03 Å². The predicted molar refractivity (Wildman–Crippen MR) is 87.4 cm³/mol. The van der Waals surface area contributed by atoms with E-state index in [1.165, 1.54) is 13.2 Å². The minimum atomic E-state index is -0.407. The lowest BCUT2D eigenvalue weighted by molar-refractivity contribution is 0.251. The smallest absolute Gasteiger partial charge is 0.320 e. The number of fused-ring (bicyclic) bond motifs is 1. The van der Waals surface area contributed by atoms with Crippen LogP contribution < -0.4 is 15.4 Å². The number of aryl methyl sites for hydroxylation is 1. The predicted octanol–water partition coefficient (Wildman–Crippen LogP) is 2.74. The molecule has 0 aliphatic heterocycles. The van der Waals surface area contributed by atoms with Gasteiger partial charge in [0.25, 0.3) is 0 Å². The summed E-state index contributed by atoms with van der Waals surface area (Å²) in [5.41, 5.74) is 2.05. The Bertz CT molecular complexity index is 893. The highest BCUT2D eigenvalue weighted by Crippen LogP contribution is 2.22. The summed E-state index contributed by atoms with van der Waals surface area (Å²) >= 11 is 0. The van der Waals surface area contributed by atoms with E-state index in [2.05, 4.69) is 25.8 Å². The molecule has 3 N–H and O–H groups in total. The highest BCUT2D eigenvalue weighted by Gasteiger charge is 2.09. The minimum Gasteiger partial charge on any atom is -0.479 e. The molecule has 0 radical (unpaired) electrons. The topological polar surface area (TPSA) is 91.9 Å². The molecule has 1 aromatic carbocycles. The van der Waals surface area contributed by atoms with Gasteiger partial charge in [0.15, 0.2) is 0 Å². The summed E-state index contributed by atoms with van der Waals surface area (Å²) in [5.74, 6) is 0.553. The van der Waals surface area contributed by atoms with Gasteiger partial charge in [-0.3, -0.25) is 10.4 Å². The first-order valence-electron chi connectivity index (χ1n) is 7.25. The SMILES string of the molecule is COc1n[nH]c2cc(NC(=O)NCc3ccc(F)c(C)c3)ncc12. The number of aromatic nitrogens is 3. The number of nitrogens with one attached hydrogen (secondary N) is 3. The van der Waals surface area contributed by atoms with Gasteiger partial charge in [0.1, 0.15) is 11.6 Å². The Morgan fingerprint density at radius 1 is 1.38 bits per heavy atom. The number of benzene rings is 1. The number of hydrogen-bond donors (Lipinski definition) is 3. The van der Waals surface area contributed by atoms with Crippen LogP contribution in [0.1, 0.15) is 11.1 Å². The molecular weight excluding hydrogens is 313 g/mol. The maximum absolute atomic E-state index is 13.2. The van der Waals surface area contributed by atoms with Crippen LogP contribution >= 0.6 is 0 Å². The summed E-state index contributed by atoms with van der Waals surface area (Å²) in [5, 5.41) is 12.8. The number of carbonyl (C=O) groups excluding carboxylic acids is 1. The fourth-order valence-corrected chi connectivity index (χ4v) is 2.27. The van der Waals surface area contributed by atoms with Crippen LogP contribution in [0.25, 0.3) is 10.9 Å². The molecule has 0 saturated heterocycles. The summed E-state index contributed by atoms with van der Waals surface area (Å²) in [6.07, 6.45) is 1.57. The number of H-pyrrole nitrogens is 1. The monoisotopic (exact) mass is 329 g/mol. The molecule has 0 atom stereocenters. The maximum Gasteiger partial charge on any atom is 0.320 e. The van der Waals surface area contributed by atoms with Crippen molar-refractivity contribution in [2.45, 2.75) is 13.5 Å². The fraction of sp³-hybridized carbons (Fsp3) is 0.188. The molecule has 0 spiro atoms. The number of hydrogen-bond acceptors (Lipinski definition) is 4. The van der Waals surface area contributed by atoms with Crippen LogP contribution in [0.3, 0.4) is 0 Å². The molecule has 0 unspecified atom stereocenters. The largest absolute Gasteiger partial charge is 0.479 e. The lowest BCUT2D eigenvalue weighted by Crippen LogP contribution is -2.28. The Morgan fingerprint density at radius 3 is 2.96 bits per heavy atom. The van der Waals surface area contributed by atoms with Crippen LogP contribution in [0.5, 0.6) is 5.88 Å². The number of aromatic amines is 1. The molecule has 124 valence electrons. The number of methoxy groups -OCH3 is 1. The van der Waals surface area contributed by atoms with Crippen LogP contribution in [-0.4, -0.2) is 28.3 Å². The third-order valence-electron chi connectivity index (χ3n) is 3.52. The Morgan fingerprint density at radius 2 is 2.21 bits per heavy atom. The van der Waals surface area contributed by atoms with E-state index in [0.717, 1.165) is 10.9 Å². The standard InChI is InChI=1S/C16H16FN5O2/c1-9-5-10(3-4-12(9)17)7-19-16(23)20-14-6-13-11(8-18-14)15(24-2)22-21-13/h3-6,8H,7H2,1-2H3,(H,21,22)(H2,18,19,20,23). The van der Waals surface area contributed by atoms with E-state index in [9.17, 15) is 9.18 Å². The first-order chi connectivity index (χ1) is 11.6. The van der Waals surface area contributed by atoms with Crippen LogP contribution in [0.2, 0.25) is 0 Å². The number of urea groups is 1. The highest BCUT2D eigenvalue weighted by atomic mass is 19.1. The van der Waals surface area contributed by atoms with Gasteiger partial charge in [0, 0.05) is 18.8 Å². The number of halogens is 1. The average Bonchev–Trinajstić information content (AvgIpc) is 2.98. The first kappa shape index (κ1) is 15.7. The maximum atomic E-state index is 13.2. The van der Waals surface area contributed by atoms with Crippen molar-refractivity contribution in [2.75, 3.05) is 12.4 Å². The van der Waals surface area contributed by atoms with Crippen molar-refractivity contribution >= 4 is 22.8 Å². The Hall–Kier alpha value is -3.16. The van der Waals surface area contributed by atoms with Crippen molar-refractivity contribution in [3.8, 4) is 5.88 Å². The van der Waals surface area contributed by atoms with Crippen molar-refractivity contribution in [3.63, 3.8) is 0 Å². The number of carbonyl (C=O) groups is 1. The van der Waals surface area contributed by atoms with Gasteiger partial charge in [-0.1, -0.05) is 12.1 Å². The summed E-state index contributed by atoms with van der Waals surface area (Å²) in [6, 6.07) is 5.95. The molecule has 0 aliphatic rings. The van der Waals surface area contributed by atoms with Crippen LogP contribution in [0.4, 0.5) is 15.0 Å². The van der Waals surface area contributed by atoms with Gasteiger partial charge in [0.05, 0.1) is 18.0 Å². The molecule has 2 heterocycles. The third kappa shape index (κ3) is 3.27. The van der Waals surface area contributed by atoms with Gasteiger partial charge in [-0.15, -0.1) is 5.10 Å².